The maximum Gasteiger partial charge on any atom is 0.231 e. The van der Waals surface area contributed by atoms with Gasteiger partial charge in [-0.05, 0) is 18.2 Å². The van der Waals surface area contributed by atoms with Crippen molar-refractivity contribution in [2.24, 2.45) is 5.92 Å². The lowest BCUT2D eigenvalue weighted by atomic mass is 10.1. The molecule has 0 radical (unpaired) electrons. The van der Waals surface area contributed by atoms with E-state index in [1.54, 1.807) is 34.7 Å². The Hall–Kier alpha value is -1.92. The van der Waals surface area contributed by atoms with E-state index in [1.807, 2.05) is 6.07 Å². The summed E-state index contributed by atoms with van der Waals surface area (Å²) < 4.78 is 0. The first-order valence-corrected chi connectivity index (χ1v) is 7.65. The molecule has 1 aromatic heterocycles. The van der Waals surface area contributed by atoms with Crippen molar-refractivity contribution in [2.75, 3.05) is 16.8 Å². The summed E-state index contributed by atoms with van der Waals surface area (Å²) in [6.45, 7) is 0.358. The van der Waals surface area contributed by atoms with E-state index in [2.05, 4.69) is 10.3 Å². The Bertz CT molecular complexity index is 675. The van der Waals surface area contributed by atoms with Crippen LogP contribution in [0.5, 0.6) is 0 Å². The number of halogens is 1. The highest BCUT2D eigenvalue weighted by molar-refractivity contribution is 7.13. The van der Waals surface area contributed by atoms with E-state index in [0.29, 0.717) is 16.7 Å². The third kappa shape index (κ3) is 3.06. The van der Waals surface area contributed by atoms with Gasteiger partial charge < -0.3 is 10.2 Å². The second-order valence-electron chi connectivity index (χ2n) is 4.71. The zero-order valence-electron chi connectivity index (χ0n) is 11.0. The van der Waals surface area contributed by atoms with E-state index in [4.69, 9.17) is 11.6 Å². The fourth-order valence-corrected chi connectivity index (χ4v) is 2.99. The molecule has 2 heterocycles. The van der Waals surface area contributed by atoms with Gasteiger partial charge in [-0.25, -0.2) is 4.98 Å². The average Bonchev–Trinajstić information content (AvgIpc) is 3.08. The summed E-state index contributed by atoms with van der Waals surface area (Å²) in [5, 5.41) is 5.63. The minimum absolute atomic E-state index is 0.0726. The molecule has 5 nitrogen and oxygen atoms in total. The normalized spacial score (nSPS) is 18.0. The molecular formula is C14H12ClN3O2S. The number of anilines is 2. The van der Waals surface area contributed by atoms with Gasteiger partial charge in [-0.2, -0.15) is 0 Å². The van der Waals surface area contributed by atoms with Crippen molar-refractivity contribution < 1.29 is 9.59 Å². The van der Waals surface area contributed by atoms with Crippen LogP contribution in [0.4, 0.5) is 10.8 Å². The predicted octanol–water partition coefficient (Wildman–Crippen LogP) is 2.79. The molecule has 2 amide bonds. The van der Waals surface area contributed by atoms with Gasteiger partial charge in [0.1, 0.15) is 0 Å². The lowest BCUT2D eigenvalue weighted by Gasteiger charge is -2.16. The molecule has 0 saturated carbocycles. The highest BCUT2D eigenvalue weighted by Gasteiger charge is 2.35. The third-order valence-electron chi connectivity index (χ3n) is 3.28. The van der Waals surface area contributed by atoms with Crippen molar-refractivity contribution in [1.82, 2.24) is 4.98 Å². The topological polar surface area (TPSA) is 62.3 Å². The zero-order valence-corrected chi connectivity index (χ0v) is 12.5. The summed E-state index contributed by atoms with van der Waals surface area (Å²) >= 11 is 7.29. The van der Waals surface area contributed by atoms with Crippen molar-refractivity contribution in [3.8, 4) is 0 Å². The SMILES string of the molecule is O=C(Nc1nccs1)[C@H]1CC(=O)N(c2cccc(Cl)c2)C1. The van der Waals surface area contributed by atoms with Crippen molar-refractivity contribution in [3.63, 3.8) is 0 Å². The van der Waals surface area contributed by atoms with E-state index in [1.165, 1.54) is 11.3 Å². The summed E-state index contributed by atoms with van der Waals surface area (Å²) in [5.74, 6) is -0.625. The number of carbonyl (C=O) groups excluding carboxylic acids is 2. The van der Waals surface area contributed by atoms with Crippen molar-refractivity contribution in [2.45, 2.75) is 6.42 Å². The minimum atomic E-state index is -0.375. The molecule has 2 aromatic rings. The number of carbonyl (C=O) groups is 2. The van der Waals surface area contributed by atoms with Gasteiger partial charge in [0, 0.05) is 35.3 Å². The van der Waals surface area contributed by atoms with Gasteiger partial charge in [-0.15, -0.1) is 11.3 Å². The highest BCUT2D eigenvalue weighted by Crippen LogP contribution is 2.28. The molecule has 21 heavy (non-hydrogen) atoms. The van der Waals surface area contributed by atoms with E-state index >= 15 is 0 Å². The zero-order chi connectivity index (χ0) is 14.8. The van der Waals surface area contributed by atoms with Crippen LogP contribution >= 0.6 is 22.9 Å². The van der Waals surface area contributed by atoms with Crippen LogP contribution in [0.2, 0.25) is 5.02 Å². The Labute approximate surface area is 130 Å². The molecule has 0 unspecified atom stereocenters. The maximum absolute atomic E-state index is 12.2. The summed E-state index contributed by atoms with van der Waals surface area (Å²) in [6.07, 6.45) is 1.82. The number of amides is 2. The number of hydrogen-bond acceptors (Lipinski definition) is 4. The first-order valence-electron chi connectivity index (χ1n) is 6.40. The van der Waals surface area contributed by atoms with Crippen LogP contribution in [0.25, 0.3) is 0 Å². The summed E-state index contributed by atoms with van der Waals surface area (Å²) in [7, 11) is 0. The molecule has 1 N–H and O–H groups in total. The Kier molecular flexibility index (Phi) is 3.90. The molecule has 1 aliphatic heterocycles. The third-order valence-corrected chi connectivity index (χ3v) is 4.20. The van der Waals surface area contributed by atoms with Crippen LogP contribution in [0, 0.1) is 5.92 Å². The molecule has 0 bridgehead atoms. The number of hydrogen-bond donors (Lipinski definition) is 1. The Morgan fingerprint density at radius 1 is 1.48 bits per heavy atom. The Morgan fingerprint density at radius 3 is 3.05 bits per heavy atom. The van der Waals surface area contributed by atoms with E-state index in [0.717, 1.165) is 5.69 Å². The van der Waals surface area contributed by atoms with Crippen LogP contribution in [0.15, 0.2) is 35.8 Å². The van der Waals surface area contributed by atoms with Crippen molar-refractivity contribution in [3.05, 3.63) is 40.9 Å². The first-order chi connectivity index (χ1) is 10.1. The molecule has 1 aliphatic rings. The fourth-order valence-electron chi connectivity index (χ4n) is 2.27. The molecule has 108 valence electrons. The number of nitrogens with one attached hydrogen (secondary N) is 1. The molecule has 0 aliphatic carbocycles. The molecule has 1 aromatic carbocycles. The van der Waals surface area contributed by atoms with E-state index in [9.17, 15) is 9.59 Å². The lowest BCUT2D eigenvalue weighted by Crippen LogP contribution is -2.28. The van der Waals surface area contributed by atoms with Gasteiger partial charge in [0.2, 0.25) is 11.8 Å². The predicted molar refractivity (Wildman–Crippen MR) is 82.7 cm³/mol. The van der Waals surface area contributed by atoms with E-state index in [-0.39, 0.29) is 24.2 Å². The summed E-state index contributed by atoms with van der Waals surface area (Å²) in [6, 6.07) is 7.07. The largest absolute Gasteiger partial charge is 0.312 e. The average molecular weight is 322 g/mol. The van der Waals surface area contributed by atoms with Crippen molar-refractivity contribution >= 4 is 45.6 Å². The highest BCUT2D eigenvalue weighted by atomic mass is 35.5. The lowest BCUT2D eigenvalue weighted by molar-refractivity contribution is -0.122. The maximum atomic E-state index is 12.2. The number of nitrogens with zero attached hydrogens (tertiary/aromatic N) is 2. The standard InChI is InChI=1S/C14H12ClN3O2S/c15-10-2-1-3-11(7-10)18-8-9(6-12(18)19)13(20)17-14-16-4-5-21-14/h1-5,7,9H,6,8H2,(H,16,17,20)/t9-/m0/s1. The molecule has 7 heteroatoms. The van der Waals surface area contributed by atoms with Gasteiger partial charge >= 0.3 is 0 Å². The second-order valence-corrected chi connectivity index (χ2v) is 6.04. The number of thiazole rings is 1. The van der Waals surface area contributed by atoms with Gasteiger partial charge in [0.15, 0.2) is 5.13 Å². The molecule has 3 rings (SSSR count). The van der Waals surface area contributed by atoms with Crippen LogP contribution in [0.1, 0.15) is 6.42 Å². The van der Waals surface area contributed by atoms with Gasteiger partial charge in [-0.3, -0.25) is 9.59 Å². The Morgan fingerprint density at radius 2 is 2.33 bits per heavy atom. The first kappa shape index (κ1) is 14.0. The number of aromatic nitrogens is 1. The van der Waals surface area contributed by atoms with Crippen LogP contribution in [-0.2, 0) is 9.59 Å². The molecule has 1 fully saturated rings. The summed E-state index contributed by atoms with van der Waals surface area (Å²) in [5.41, 5.74) is 0.719. The number of benzene rings is 1. The Balaban J connectivity index is 1.71. The van der Waals surface area contributed by atoms with Crippen LogP contribution in [-0.4, -0.2) is 23.3 Å². The smallest absolute Gasteiger partial charge is 0.231 e. The minimum Gasteiger partial charge on any atom is -0.312 e. The van der Waals surface area contributed by atoms with Crippen LogP contribution < -0.4 is 10.2 Å². The number of rotatable bonds is 3. The summed E-state index contributed by atoms with van der Waals surface area (Å²) in [4.78, 5) is 29.8. The second kappa shape index (κ2) is 5.83. The van der Waals surface area contributed by atoms with Crippen molar-refractivity contribution in [1.29, 1.82) is 0 Å². The monoisotopic (exact) mass is 321 g/mol. The van der Waals surface area contributed by atoms with Gasteiger partial charge in [0.05, 0.1) is 5.92 Å². The van der Waals surface area contributed by atoms with Crippen LogP contribution in [0.3, 0.4) is 0 Å². The van der Waals surface area contributed by atoms with Gasteiger partial charge in [0.25, 0.3) is 0 Å². The molecule has 0 spiro atoms. The van der Waals surface area contributed by atoms with Gasteiger partial charge in [-0.1, -0.05) is 17.7 Å². The fraction of sp³-hybridized carbons (Fsp3) is 0.214. The van der Waals surface area contributed by atoms with E-state index < -0.39 is 0 Å². The molecular weight excluding hydrogens is 310 g/mol. The quantitative estimate of drug-likeness (QED) is 0.945. The molecule has 1 atom stereocenters. The molecule has 1 saturated heterocycles.